The lowest BCUT2D eigenvalue weighted by Crippen LogP contribution is -2.27. The van der Waals surface area contributed by atoms with Gasteiger partial charge in [-0.05, 0) is 18.6 Å². The van der Waals surface area contributed by atoms with Crippen molar-refractivity contribution in [1.29, 1.82) is 0 Å². The van der Waals surface area contributed by atoms with Crippen molar-refractivity contribution in [3.8, 4) is 0 Å². The lowest BCUT2D eigenvalue weighted by molar-refractivity contribution is 0.0696. The molecule has 0 aliphatic carbocycles. The fraction of sp³-hybridized carbons (Fsp3) is 0.467. The first-order chi connectivity index (χ1) is 9.54. The molecule has 0 saturated heterocycles. The van der Waals surface area contributed by atoms with E-state index in [0.29, 0.717) is 18.8 Å². The van der Waals surface area contributed by atoms with E-state index in [1.807, 2.05) is 7.05 Å². The third-order valence-corrected chi connectivity index (χ3v) is 3.09. The van der Waals surface area contributed by atoms with E-state index in [1.54, 1.807) is 6.07 Å². The standard InChI is InChI=1S/C15H23N3O2/c1-4-5-8-18(3)12(2)10-16-11-14-9-13(15(19)20)6-7-17-14/h6-7,9,16H,2,4-5,8,10-11H2,1,3H3,(H,19,20). The van der Waals surface area contributed by atoms with E-state index in [-0.39, 0.29) is 5.56 Å². The van der Waals surface area contributed by atoms with Crippen LogP contribution in [0.25, 0.3) is 0 Å². The molecule has 0 aliphatic heterocycles. The van der Waals surface area contributed by atoms with E-state index in [2.05, 4.69) is 28.7 Å². The molecule has 0 unspecified atom stereocenters. The Morgan fingerprint density at radius 1 is 1.55 bits per heavy atom. The third-order valence-electron chi connectivity index (χ3n) is 3.09. The van der Waals surface area contributed by atoms with Gasteiger partial charge in [0, 0.05) is 38.6 Å². The number of hydrogen-bond donors (Lipinski definition) is 2. The molecule has 20 heavy (non-hydrogen) atoms. The first kappa shape index (κ1) is 16.2. The van der Waals surface area contributed by atoms with E-state index < -0.39 is 5.97 Å². The topological polar surface area (TPSA) is 65.5 Å². The summed E-state index contributed by atoms with van der Waals surface area (Å²) in [5.74, 6) is -0.933. The largest absolute Gasteiger partial charge is 0.478 e. The molecule has 2 N–H and O–H groups in total. The van der Waals surface area contributed by atoms with Crippen LogP contribution in [0.4, 0.5) is 0 Å². The molecular formula is C15H23N3O2. The number of likely N-dealkylation sites (N-methyl/N-ethyl adjacent to an activating group) is 1. The molecule has 0 aliphatic rings. The van der Waals surface area contributed by atoms with Gasteiger partial charge in [-0.25, -0.2) is 4.79 Å². The molecule has 1 aromatic heterocycles. The van der Waals surface area contributed by atoms with E-state index >= 15 is 0 Å². The Morgan fingerprint density at radius 2 is 2.30 bits per heavy atom. The summed E-state index contributed by atoms with van der Waals surface area (Å²) in [6.45, 7) is 8.40. The smallest absolute Gasteiger partial charge is 0.335 e. The number of hydrogen-bond acceptors (Lipinski definition) is 4. The minimum atomic E-state index is -0.933. The van der Waals surface area contributed by atoms with Crippen LogP contribution < -0.4 is 5.32 Å². The van der Waals surface area contributed by atoms with Gasteiger partial charge in [-0.2, -0.15) is 0 Å². The Morgan fingerprint density at radius 3 is 2.95 bits per heavy atom. The zero-order valence-corrected chi connectivity index (χ0v) is 12.2. The maximum absolute atomic E-state index is 10.9. The van der Waals surface area contributed by atoms with Crippen LogP contribution >= 0.6 is 0 Å². The fourth-order valence-electron chi connectivity index (χ4n) is 1.73. The SMILES string of the molecule is C=C(CNCc1cc(C(=O)O)ccn1)N(C)CCCC. The van der Waals surface area contributed by atoms with Gasteiger partial charge in [-0.15, -0.1) is 0 Å². The highest BCUT2D eigenvalue weighted by molar-refractivity contribution is 5.87. The van der Waals surface area contributed by atoms with Crippen molar-refractivity contribution in [2.24, 2.45) is 0 Å². The average molecular weight is 277 g/mol. The summed E-state index contributed by atoms with van der Waals surface area (Å²) in [4.78, 5) is 17.1. The summed E-state index contributed by atoms with van der Waals surface area (Å²) in [6.07, 6.45) is 3.83. The number of carbonyl (C=O) groups is 1. The first-order valence-electron chi connectivity index (χ1n) is 6.82. The maximum atomic E-state index is 10.9. The fourth-order valence-corrected chi connectivity index (χ4v) is 1.73. The first-order valence-corrected chi connectivity index (χ1v) is 6.82. The molecule has 0 aromatic carbocycles. The molecule has 5 nitrogen and oxygen atoms in total. The number of unbranched alkanes of at least 4 members (excludes halogenated alkanes) is 1. The third kappa shape index (κ3) is 5.40. The lowest BCUT2D eigenvalue weighted by Gasteiger charge is -2.21. The van der Waals surface area contributed by atoms with Gasteiger partial charge in [0.05, 0.1) is 11.3 Å². The van der Waals surface area contributed by atoms with Crippen LogP contribution in [0.2, 0.25) is 0 Å². The zero-order valence-electron chi connectivity index (χ0n) is 12.2. The molecule has 1 heterocycles. The number of carboxylic acids is 1. The Balaban J connectivity index is 2.38. The van der Waals surface area contributed by atoms with Gasteiger partial charge in [-0.1, -0.05) is 19.9 Å². The molecule has 0 atom stereocenters. The number of carboxylic acid groups (broad SMARTS) is 1. The maximum Gasteiger partial charge on any atom is 0.335 e. The van der Waals surface area contributed by atoms with Crippen molar-refractivity contribution >= 4 is 5.97 Å². The van der Waals surface area contributed by atoms with Gasteiger partial charge in [0.1, 0.15) is 0 Å². The molecule has 0 spiro atoms. The number of aromatic nitrogens is 1. The molecule has 0 bridgehead atoms. The normalized spacial score (nSPS) is 10.3. The van der Waals surface area contributed by atoms with Crippen LogP contribution in [-0.4, -0.2) is 41.1 Å². The van der Waals surface area contributed by atoms with Gasteiger partial charge >= 0.3 is 5.97 Å². The summed E-state index contributed by atoms with van der Waals surface area (Å²) >= 11 is 0. The molecular weight excluding hydrogens is 254 g/mol. The number of aromatic carboxylic acids is 1. The minimum absolute atomic E-state index is 0.260. The van der Waals surface area contributed by atoms with Gasteiger partial charge in [0.15, 0.2) is 0 Å². The second-order valence-electron chi connectivity index (χ2n) is 4.79. The molecule has 0 amide bonds. The quantitative estimate of drug-likeness (QED) is 0.724. The minimum Gasteiger partial charge on any atom is -0.478 e. The highest BCUT2D eigenvalue weighted by Gasteiger charge is 2.05. The Labute approximate surface area is 120 Å². The van der Waals surface area contributed by atoms with E-state index in [9.17, 15) is 4.79 Å². The van der Waals surface area contributed by atoms with Crippen LogP contribution in [0.15, 0.2) is 30.6 Å². The summed E-state index contributed by atoms with van der Waals surface area (Å²) in [6, 6.07) is 3.07. The van der Waals surface area contributed by atoms with Gasteiger partial charge in [0.25, 0.3) is 0 Å². The Bertz CT molecular complexity index is 460. The van der Waals surface area contributed by atoms with Crippen LogP contribution in [-0.2, 0) is 6.54 Å². The van der Waals surface area contributed by atoms with Crippen LogP contribution in [0.1, 0.15) is 35.8 Å². The summed E-state index contributed by atoms with van der Waals surface area (Å²) in [7, 11) is 2.03. The number of pyridine rings is 1. The van der Waals surface area contributed by atoms with Gasteiger partial charge in [0.2, 0.25) is 0 Å². The molecule has 5 heteroatoms. The summed E-state index contributed by atoms with van der Waals surface area (Å²) in [5, 5.41) is 12.1. The van der Waals surface area contributed by atoms with E-state index in [4.69, 9.17) is 5.11 Å². The molecule has 0 radical (unpaired) electrons. The van der Waals surface area contributed by atoms with Crippen molar-refractivity contribution in [2.45, 2.75) is 26.3 Å². The van der Waals surface area contributed by atoms with E-state index in [1.165, 1.54) is 12.3 Å². The lowest BCUT2D eigenvalue weighted by atomic mass is 10.2. The molecule has 1 rings (SSSR count). The highest BCUT2D eigenvalue weighted by atomic mass is 16.4. The zero-order chi connectivity index (χ0) is 15.0. The van der Waals surface area contributed by atoms with E-state index in [0.717, 1.165) is 25.1 Å². The Kier molecular flexibility index (Phi) is 6.73. The summed E-state index contributed by atoms with van der Waals surface area (Å²) < 4.78 is 0. The predicted molar refractivity (Wildman–Crippen MR) is 79.6 cm³/mol. The molecule has 0 saturated carbocycles. The Hall–Kier alpha value is -1.88. The van der Waals surface area contributed by atoms with Crippen LogP contribution in [0.3, 0.4) is 0 Å². The van der Waals surface area contributed by atoms with Crippen molar-refractivity contribution in [3.05, 3.63) is 41.9 Å². The second kappa shape index (κ2) is 8.32. The average Bonchev–Trinajstić information content (AvgIpc) is 2.44. The number of nitrogens with zero attached hydrogens (tertiary/aromatic N) is 2. The van der Waals surface area contributed by atoms with Crippen LogP contribution in [0, 0.1) is 0 Å². The number of rotatable bonds is 9. The van der Waals surface area contributed by atoms with Crippen molar-refractivity contribution in [2.75, 3.05) is 20.1 Å². The van der Waals surface area contributed by atoms with Crippen molar-refractivity contribution in [1.82, 2.24) is 15.2 Å². The van der Waals surface area contributed by atoms with Crippen LogP contribution in [0.5, 0.6) is 0 Å². The highest BCUT2D eigenvalue weighted by Crippen LogP contribution is 2.03. The predicted octanol–water partition coefficient (Wildman–Crippen LogP) is 2.12. The molecule has 1 aromatic rings. The summed E-state index contributed by atoms with van der Waals surface area (Å²) in [5.41, 5.74) is 2.00. The van der Waals surface area contributed by atoms with Crippen molar-refractivity contribution < 1.29 is 9.90 Å². The van der Waals surface area contributed by atoms with Crippen molar-refractivity contribution in [3.63, 3.8) is 0 Å². The second-order valence-corrected chi connectivity index (χ2v) is 4.79. The van der Waals surface area contributed by atoms with Gasteiger partial charge in [-0.3, -0.25) is 4.98 Å². The molecule has 0 fully saturated rings. The van der Waals surface area contributed by atoms with Gasteiger partial charge < -0.3 is 15.3 Å². The number of nitrogens with one attached hydrogen (secondary N) is 1. The monoisotopic (exact) mass is 277 g/mol. The molecule has 110 valence electrons.